The minimum absolute atomic E-state index is 0.824. The monoisotopic (exact) mass is 228 g/mol. The number of fused-ring (bicyclic) bond motifs is 1. The van der Waals surface area contributed by atoms with Crippen LogP contribution in [0.2, 0.25) is 0 Å². The van der Waals surface area contributed by atoms with Crippen LogP contribution in [0.5, 0.6) is 0 Å². The van der Waals surface area contributed by atoms with Crippen LogP contribution in [0.15, 0.2) is 30.3 Å². The lowest BCUT2D eigenvalue weighted by molar-refractivity contribution is 0.122. The van der Waals surface area contributed by atoms with E-state index in [0.29, 0.717) is 0 Å². The molecule has 0 saturated carbocycles. The fourth-order valence-corrected chi connectivity index (χ4v) is 2.23. The van der Waals surface area contributed by atoms with Crippen molar-refractivity contribution < 1.29 is 4.74 Å². The van der Waals surface area contributed by atoms with Gasteiger partial charge in [-0.1, -0.05) is 6.07 Å². The third-order valence-corrected chi connectivity index (χ3v) is 3.19. The van der Waals surface area contributed by atoms with E-state index in [2.05, 4.69) is 40.2 Å². The summed E-state index contributed by atoms with van der Waals surface area (Å²) in [6.07, 6.45) is 0. The van der Waals surface area contributed by atoms with E-state index in [1.807, 2.05) is 6.92 Å². The summed E-state index contributed by atoms with van der Waals surface area (Å²) >= 11 is 0. The van der Waals surface area contributed by atoms with Gasteiger partial charge in [-0.05, 0) is 31.2 Å². The molecule has 17 heavy (non-hydrogen) atoms. The quantitative estimate of drug-likeness (QED) is 0.749. The molecule has 1 aromatic carbocycles. The Labute approximate surface area is 101 Å². The number of morpholine rings is 1. The van der Waals surface area contributed by atoms with Crippen LogP contribution in [0.25, 0.3) is 10.9 Å². The first-order valence-electron chi connectivity index (χ1n) is 6.03. The Morgan fingerprint density at radius 2 is 1.94 bits per heavy atom. The van der Waals surface area contributed by atoms with Crippen LogP contribution in [-0.2, 0) is 4.74 Å². The Morgan fingerprint density at radius 3 is 2.76 bits per heavy atom. The molecular weight excluding hydrogens is 212 g/mol. The average Bonchev–Trinajstić information content (AvgIpc) is 2.39. The number of nitrogens with zero attached hydrogens (tertiary/aromatic N) is 2. The maximum atomic E-state index is 5.37. The summed E-state index contributed by atoms with van der Waals surface area (Å²) in [4.78, 5) is 6.88. The molecule has 1 aliphatic heterocycles. The molecule has 3 rings (SSSR count). The van der Waals surface area contributed by atoms with Gasteiger partial charge in [-0.2, -0.15) is 0 Å². The lowest BCUT2D eigenvalue weighted by Crippen LogP contribution is -2.36. The molecule has 0 spiro atoms. The van der Waals surface area contributed by atoms with Gasteiger partial charge in [0.05, 0.1) is 18.7 Å². The van der Waals surface area contributed by atoms with Crippen molar-refractivity contribution in [1.29, 1.82) is 0 Å². The number of ether oxygens (including phenoxy) is 1. The highest BCUT2D eigenvalue weighted by Gasteiger charge is 2.11. The van der Waals surface area contributed by atoms with Crippen LogP contribution in [0.3, 0.4) is 0 Å². The van der Waals surface area contributed by atoms with Crippen molar-refractivity contribution >= 4 is 16.6 Å². The summed E-state index contributed by atoms with van der Waals surface area (Å²) in [6, 6.07) is 10.7. The van der Waals surface area contributed by atoms with E-state index in [1.165, 1.54) is 11.1 Å². The van der Waals surface area contributed by atoms with Crippen molar-refractivity contribution in [1.82, 2.24) is 4.98 Å². The maximum Gasteiger partial charge on any atom is 0.0706 e. The van der Waals surface area contributed by atoms with Crippen LogP contribution >= 0.6 is 0 Å². The highest BCUT2D eigenvalue weighted by atomic mass is 16.5. The molecule has 0 unspecified atom stereocenters. The van der Waals surface area contributed by atoms with Gasteiger partial charge in [0.2, 0.25) is 0 Å². The van der Waals surface area contributed by atoms with Crippen molar-refractivity contribution in [3.05, 3.63) is 36.0 Å². The predicted molar refractivity (Wildman–Crippen MR) is 69.5 cm³/mol. The molecule has 0 aliphatic carbocycles. The van der Waals surface area contributed by atoms with Gasteiger partial charge >= 0.3 is 0 Å². The van der Waals surface area contributed by atoms with Gasteiger partial charge in [-0.3, -0.25) is 4.98 Å². The number of hydrogen-bond acceptors (Lipinski definition) is 3. The summed E-state index contributed by atoms with van der Waals surface area (Å²) < 4.78 is 5.37. The lowest BCUT2D eigenvalue weighted by atomic mass is 10.1. The SMILES string of the molecule is Cc1ccc2cc(N3CCOCC3)ccc2n1. The maximum absolute atomic E-state index is 5.37. The van der Waals surface area contributed by atoms with Gasteiger partial charge in [0, 0.05) is 29.9 Å². The molecule has 1 saturated heterocycles. The first-order valence-corrected chi connectivity index (χ1v) is 6.03. The van der Waals surface area contributed by atoms with E-state index >= 15 is 0 Å². The van der Waals surface area contributed by atoms with Gasteiger partial charge in [-0.25, -0.2) is 0 Å². The topological polar surface area (TPSA) is 25.4 Å². The zero-order chi connectivity index (χ0) is 11.7. The third kappa shape index (κ3) is 2.11. The first kappa shape index (κ1) is 10.5. The molecular formula is C14H16N2O. The van der Waals surface area contributed by atoms with Crippen LogP contribution in [-0.4, -0.2) is 31.3 Å². The molecule has 88 valence electrons. The van der Waals surface area contributed by atoms with E-state index < -0.39 is 0 Å². The van der Waals surface area contributed by atoms with Crippen molar-refractivity contribution in [3.8, 4) is 0 Å². The minimum atomic E-state index is 0.824. The Kier molecular flexibility index (Phi) is 2.69. The van der Waals surface area contributed by atoms with Gasteiger partial charge in [-0.15, -0.1) is 0 Å². The summed E-state index contributed by atoms with van der Waals surface area (Å²) in [5.74, 6) is 0. The molecule has 2 heterocycles. The number of aromatic nitrogens is 1. The van der Waals surface area contributed by atoms with E-state index in [4.69, 9.17) is 4.74 Å². The van der Waals surface area contributed by atoms with Crippen LogP contribution in [0, 0.1) is 6.92 Å². The number of rotatable bonds is 1. The van der Waals surface area contributed by atoms with Gasteiger partial charge < -0.3 is 9.64 Å². The average molecular weight is 228 g/mol. The Hall–Kier alpha value is -1.61. The minimum Gasteiger partial charge on any atom is -0.378 e. The highest BCUT2D eigenvalue weighted by Crippen LogP contribution is 2.22. The van der Waals surface area contributed by atoms with Gasteiger partial charge in [0.1, 0.15) is 0 Å². The number of hydrogen-bond donors (Lipinski definition) is 0. The van der Waals surface area contributed by atoms with Crippen molar-refractivity contribution in [2.45, 2.75) is 6.92 Å². The molecule has 2 aromatic rings. The Morgan fingerprint density at radius 1 is 1.12 bits per heavy atom. The Bertz CT molecular complexity index is 533. The van der Waals surface area contributed by atoms with Gasteiger partial charge in [0.15, 0.2) is 0 Å². The number of pyridine rings is 1. The molecule has 3 nitrogen and oxygen atoms in total. The third-order valence-electron chi connectivity index (χ3n) is 3.19. The molecule has 0 amide bonds. The van der Waals surface area contributed by atoms with Crippen LogP contribution < -0.4 is 4.90 Å². The number of anilines is 1. The summed E-state index contributed by atoms with van der Waals surface area (Å²) in [5.41, 5.74) is 3.41. The molecule has 1 aromatic heterocycles. The zero-order valence-electron chi connectivity index (χ0n) is 10.0. The van der Waals surface area contributed by atoms with Crippen LogP contribution in [0.1, 0.15) is 5.69 Å². The standard InChI is InChI=1S/C14H16N2O/c1-11-2-3-12-10-13(4-5-14(12)15-11)16-6-8-17-9-7-16/h2-5,10H,6-9H2,1H3. The van der Waals surface area contributed by atoms with E-state index in [0.717, 1.165) is 37.5 Å². The molecule has 1 aliphatic rings. The zero-order valence-corrected chi connectivity index (χ0v) is 10.0. The fourth-order valence-electron chi connectivity index (χ4n) is 2.23. The second-order valence-electron chi connectivity index (χ2n) is 4.43. The van der Waals surface area contributed by atoms with Crippen LogP contribution in [0.4, 0.5) is 5.69 Å². The fraction of sp³-hybridized carbons (Fsp3) is 0.357. The second-order valence-corrected chi connectivity index (χ2v) is 4.43. The summed E-state index contributed by atoms with van der Waals surface area (Å²) in [5, 5.41) is 1.21. The Balaban J connectivity index is 1.98. The van der Waals surface area contributed by atoms with E-state index in [9.17, 15) is 0 Å². The largest absolute Gasteiger partial charge is 0.378 e. The molecule has 0 atom stereocenters. The van der Waals surface area contributed by atoms with Crippen molar-refractivity contribution in [2.24, 2.45) is 0 Å². The molecule has 3 heteroatoms. The molecule has 0 radical (unpaired) electrons. The predicted octanol–water partition coefficient (Wildman–Crippen LogP) is 2.38. The molecule has 0 bridgehead atoms. The second kappa shape index (κ2) is 4.34. The number of benzene rings is 1. The first-order chi connectivity index (χ1) is 8.33. The lowest BCUT2D eigenvalue weighted by Gasteiger charge is -2.29. The van der Waals surface area contributed by atoms with Crippen molar-refractivity contribution in [3.63, 3.8) is 0 Å². The van der Waals surface area contributed by atoms with E-state index in [1.54, 1.807) is 0 Å². The van der Waals surface area contributed by atoms with E-state index in [-0.39, 0.29) is 0 Å². The normalized spacial score (nSPS) is 16.4. The van der Waals surface area contributed by atoms with Crippen molar-refractivity contribution in [2.75, 3.05) is 31.2 Å². The van der Waals surface area contributed by atoms with Gasteiger partial charge in [0.25, 0.3) is 0 Å². The molecule has 1 fully saturated rings. The number of aryl methyl sites for hydroxylation is 1. The summed E-state index contributed by atoms with van der Waals surface area (Å²) in [6.45, 7) is 5.62. The smallest absolute Gasteiger partial charge is 0.0706 e. The highest BCUT2D eigenvalue weighted by molar-refractivity contribution is 5.82. The molecule has 0 N–H and O–H groups in total. The summed E-state index contributed by atoms with van der Waals surface area (Å²) in [7, 11) is 0.